The average molecular weight is 550 g/mol. The van der Waals surface area contributed by atoms with Gasteiger partial charge in [0.25, 0.3) is 0 Å². The van der Waals surface area contributed by atoms with E-state index in [0.717, 1.165) is 0 Å². The van der Waals surface area contributed by atoms with Crippen molar-refractivity contribution >= 4 is 60.6 Å². The Hall–Kier alpha value is 0.361. The van der Waals surface area contributed by atoms with Crippen molar-refractivity contribution in [2.75, 3.05) is 0 Å². The standard InChI is InChI=1S/C28H42S.Ba.2H/c1-3-5-7-9-11-13-19-25-21-15-17-23-27(25)29-28-24-18-16-22-26(28)20-14-12-10-8-6-4-2;;;/h15-18,21-24H,3-14,19-20H2,1-2H3;;;. The molecule has 0 spiro atoms. The van der Waals surface area contributed by atoms with Crippen molar-refractivity contribution in [1.29, 1.82) is 0 Å². The fraction of sp³-hybridized carbons (Fsp3) is 0.571. The van der Waals surface area contributed by atoms with Crippen LogP contribution in [0, 0.1) is 0 Å². The molecule has 0 aliphatic carbocycles. The quantitative estimate of drug-likeness (QED) is 0.149. The van der Waals surface area contributed by atoms with E-state index in [1.165, 1.54) is 111 Å². The number of benzene rings is 2. The summed E-state index contributed by atoms with van der Waals surface area (Å²) in [5.74, 6) is 0. The molecule has 0 nitrogen and oxygen atoms in total. The van der Waals surface area contributed by atoms with Gasteiger partial charge in [0.2, 0.25) is 0 Å². The molecule has 0 saturated heterocycles. The minimum atomic E-state index is 0. The van der Waals surface area contributed by atoms with E-state index in [9.17, 15) is 0 Å². The molecule has 0 aromatic heterocycles. The second kappa shape index (κ2) is 18.9. The Balaban J connectivity index is 0.00000450. The molecule has 164 valence electrons. The molecule has 30 heavy (non-hydrogen) atoms. The zero-order chi connectivity index (χ0) is 20.6. The van der Waals surface area contributed by atoms with E-state index < -0.39 is 0 Å². The van der Waals surface area contributed by atoms with Crippen LogP contribution in [-0.4, -0.2) is 48.9 Å². The summed E-state index contributed by atoms with van der Waals surface area (Å²) >= 11 is 1.98. The minimum absolute atomic E-state index is 0. The summed E-state index contributed by atoms with van der Waals surface area (Å²) in [6.07, 6.45) is 18.8. The van der Waals surface area contributed by atoms with Crippen molar-refractivity contribution < 1.29 is 0 Å². The van der Waals surface area contributed by atoms with E-state index >= 15 is 0 Å². The first-order valence-corrected chi connectivity index (χ1v) is 13.0. The third-order valence-corrected chi connectivity index (χ3v) is 7.00. The summed E-state index contributed by atoms with van der Waals surface area (Å²) < 4.78 is 0. The zero-order valence-electron chi connectivity index (χ0n) is 18.9. The molecule has 0 amide bonds. The molecule has 2 heteroatoms. The molecule has 0 N–H and O–H groups in total. The van der Waals surface area contributed by atoms with Crippen molar-refractivity contribution in [3.8, 4) is 0 Å². The third-order valence-electron chi connectivity index (χ3n) is 5.76. The molecule has 0 aliphatic heterocycles. The molecule has 0 heterocycles. The van der Waals surface area contributed by atoms with Gasteiger partial charge >= 0.3 is 48.9 Å². The second-order valence-electron chi connectivity index (χ2n) is 8.35. The van der Waals surface area contributed by atoms with E-state index in [2.05, 4.69) is 62.4 Å². The van der Waals surface area contributed by atoms with Crippen LogP contribution in [0.1, 0.15) is 102 Å². The van der Waals surface area contributed by atoms with Gasteiger partial charge < -0.3 is 0 Å². The van der Waals surface area contributed by atoms with Crippen molar-refractivity contribution in [2.45, 2.75) is 114 Å². The zero-order valence-corrected chi connectivity index (χ0v) is 19.7. The first kappa shape index (κ1) is 28.4. The fourth-order valence-electron chi connectivity index (χ4n) is 3.93. The first-order chi connectivity index (χ1) is 14.3. The van der Waals surface area contributed by atoms with Crippen molar-refractivity contribution in [3.05, 3.63) is 59.7 Å². The van der Waals surface area contributed by atoms with Gasteiger partial charge in [0.15, 0.2) is 0 Å². The maximum atomic E-state index is 2.34. The van der Waals surface area contributed by atoms with Crippen LogP contribution in [0.5, 0.6) is 0 Å². The monoisotopic (exact) mass is 550 g/mol. The van der Waals surface area contributed by atoms with Gasteiger partial charge in [-0.1, -0.05) is 126 Å². The fourth-order valence-corrected chi connectivity index (χ4v) is 5.06. The molecule has 2 rings (SSSR count). The summed E-state index contributed by atoms with van der Waals surface area (Å²) in [5, 5.41) is 0. The van der Waals surface area contributed by atoms with Gasteiger partial charge in [-0.25, -0.2) is 0 Å². The molecular formula is C28H44BaS. The topological polar surface area (TPSA) is 0 Å². The normalized spacial score (nSPS) is 10.7. The average Bonchev–Trinajstić information content (AvgIpc) is 2.75. The number of aryl methyl sites for hydroxylation is 2. The Morgan fingerprint density at radius 3 is 1.30 bits per heavy atom. The van der Waals surface area contributed by atoms with Crippen LogP contribution in [0.2, 0.25) is 0 Å². The molecule has 0 unspecified atom stereocenters. The Labute approximate surface area is 231 Å². The Bertz CT molecular complexity index is 610. The van der Waals surface area contributed by atoms with Crippen LogP contribution in [0.25, 0.3) is 0 Å². The summed E-state index contributed by atoms with van der Waals surface area (Å²) in [7, 11) is 0. The molecular weight excluding hydrogens is 506 g/mol. The van der Waals surface area contributed by atoms with E-state index in [-0.39, 0.29) is 48.9 Å². The summed E-state index contributed by atoms with van der Waals surface area (Å²) in [5.41, 5.74) is 3.06. The van der Waals surface area contributed by atoms with Crippen LogP contribution >= 0.6 is 11.8 Å². The maximum absolute atomic E-state index is 2.34. The van der Waals surface area contributed by atoms with Gasteiger partial charge in [-0.15, -0.1) is 0 Å². The summed E-state index contributed by atoms with van der Waals surface area (Å²) in [6, 6.07) is 18.1. The molecule has 0 bridgehead atoms. The van der Waals surface area contributed by atoms with Gasteiger partial charge in [-0.05, 0) is 48.9 Å². The van der Waals surface area contributed by atoms with Crippen molar-refractivity contribution in [1.82, 2.24) is 0 Å². The SMILES string of the molecule is CCCCCCCCc1ccccc1Sc1ccccc1CCCCCCCC.[BaH2]. The molecule has 2 aromatic rings. The van der Waals surface area contributed by atoms with Crippen LogP contribution in [0.3, 0.4) is 0 Å². The molecule has 2 aromatic carbocycles. The van der Waals surface area contributed by atoms with Crippen molar-refractivity contribution in [2.24, 2.45) is 0 Å². The molecule has 0 atom stereocenters. The van der Waals surface area contributed by atoms with Gasteiger partial charge in [-0.2, -0.15) is 0 Å². The number of hydrogen-bond donors (Lipinski definition) is 0. The number of rotatable bonds is 16. The van der Waals surface area contributed by atoms with Gasteiger partial charge in [0.1, 0.15) is 0 Å². The van der Waals surface area contributed by atoms with E-state index in [4.69, 9.17) is 0 Å². The molecule has 0 saturated carbocycles. The number of hydrogen-bond acceptors (Lipinski definition) is 1. The first-order valence-electron chi connectivity index (χ1n) is 12.2. The third kappa shape index (κ3) is 11.8. The second-order valence-corrected chi connectivity index (χ2v) is 9.44. The van der Waals surface area contributed by atoms with E-state index in [1.807, 2.05) is 11.8 Å². The number of unbranched alkanes of at least 4 members (excludes halogenated alkanes) is 10. The molecule has 0 aliphatic rings. The van der Waals surface area contributed by atoms with Crippen LogP contribution in [0.4, 0.5) is 0 Å². The Morgan fingerprint density at radius 2 is 0.867 bits per heavy atom. The summed E-state index contributed by atoms with van der Waals surface area (Å²) in [4.78, 5) is 2.91. The Kier molecular flexibility index (Phi) is 17.9. The van der Waals surface area contributed by atoms with E-state index in [0.29, 0.717) is 0 Å². The van der Waals surface area contributed by atoms with Crippen LogP contribution < -0.4 is 0 Å². The van der Waals surface area contributed by atoms with Gasteiger partial charge in [0, 0.05) is 9.79 Å². The molecule has 0 fully saturated rings. The summed E-state index contributed by atoms with van der Waals surface area (Å²) in [6.45, 7) is 4.58. The van der Waals surface area contributed by atoms with Gasteiger partial charge in [-0.3, -0.25) is 0 Å². The van der Waals surface area contributed by atoms with Crippen LogP contribution in [-0.2, 0) is 12.8 Å². The predicted octanol–water partition coefficient (Wildman–Crippen LogP) is 8.73. The molecule has 0 radical (unpaired) electrons. The van der Waals surface area contributed by atoms with E-state index in [1.54, 1.807) is 0 Å². The van der Waals surface area contributed by atoms with Crippen molar-refractivity contribution in [3.63, 3.8) is 0 Å². The predicted molar refractivity (Wildman–Crippen MR) is 140 cm³/mol. The van der Waals surface area contributed by atoms with Crippen LogP contribution in [0.15, 0.2) is 58.3 Å². The van der Waals surface area contributed by atoms with Gasteiger partial charge in [0.05, 0.1) is 0 Å². The Morgan fingerprint density at radius 1 is 0.500 bits per heavy atom.